The lowest BCUT2D eigenvalue weighted by atomic mass is 9.87. The number of rotatable bonds is 2. The number of nitrogen functional groups attached to an aromatic ring is 1. The smallest absolute Gasteiger partial charge is 0.164 e. The molecule has 156 valence electrons. The van der Waals surface area contributed by atoms with E-state index in [-0.39, 0.29) is 11.6 Å². The number of ether oxygens (including phenoxy) is 1. The van der Waals surface area contributed by atoms with E-state index in [9.17, 15) is 10.2 Å². The molecule has 6 rings (SSSR count). The summed E-state index contributed by atoms with van der Waals surface area (Å²) < 4.78 is 8.21. The highest BCUT2D eigenvalue weighted by molar-refractivity contribution is 5.86. The highest BCUT2D eigenvalue weighted by Crippen LogP contribution is 2.58. The molecule has 3 unspecified atom stereocenters. The van der Waals surface area contributed by atoms with Gasteiger partial charge in [0.05, 0.1) is 5.39 Å². The van der Waals surface area contributed by atoms with Crippen LogP contribution in [0.25, 0.3) is 11.0 Å². The van der Waals surface area contributed by atoms with Crippen LogP contribution in [0.4, 0.5) is 5.82 Å². The quantitative estimate of drug-likeness (QED) is 0.556. The lowest BCUT2D eigenvalue weighted by Crippen LogP contribution is -2.56. The molecule has 3 aliphatic heterocycles. The number of aliphatic hydroxyl groups is 2. The number of likely N-dealkylation sites (tertiary alicyclic amines) is 1. The molecular weight excluding hydrogens is 372 g/mol. The summed E-state index contributed by atoms with van der Waals surface area (Å²) in [5.41, 5.74) is 6.01. The van der Waals surface area contributed by atoms with Crippen LogP contribution < -0.4 is 11.1 Å². The summed E-state index contributed by atoms with van der Waals surface area (Å²) in [5, 5.41) is 26.2. The number of fused-ring (bicyclic) bond motifs is 1. The van der Waals surface area contributed by atoms with E-state index >= 15 is 0 Å². The molecule has 5 N–H and O–H groups in total. The summed E-state index contributed by atoms with van der Waals surface area (Å²) >= 11 is 0. The van der Waals surface area contributed by atoms with Crippen molar-refractivity contribution in [1.29, 1.82) is 0 Å². The van der Waals surface area contributed by atoms with Crippen molar-refractivity contribution in [2.24, 2.45) is 0 Å². The number of aliphatic hydroxyl groups excluding tert-OH is 2. The summed E-state index contributed by atoms with van der Waals surface area (Å²) in [6.07, 6.45) is 6.06. The first-order valence-electron chi connectivity index (χ1n) is 10.6. The zero-order valence-electron chi connectivity index (χ0n) is 16.4. The molecule has 5 heterocycles. The van der Waals surface area contributed by atoms with Crippen molar-refractivity contribution >= 4 is 16.9 Å². The Morgan fingerprint density at radius 2 is 2.10 bits per heavy atom. The molecule has 2 aromatic heterocycles. The number of nitrogens with one attached hydrogen (secondary N) is 1. The molecular formula is C20H28N6O3. The number of hydrogen-bond acceptors (Lipinski definition) is 8. The Labute approximate surface area is 168 Å². The van der Waals surface area contributed by atoms with Crippen LogP contribution >= 0.6 is 0 Å². The number of nitrogens with two attached hydrogens (primary N) is 1. The van der Waals surface area contributed by atoms with E-state index in [0.717, 1.165) is 31.4 Å². The van der Waals surface area contributed by atoms with Gasteiger partial charge in [0, 0.05) is 24.3 Å². The third-order valence-electron chi connectivity index (χ3n) is 7.66. The predicted octanol–water partition coefficient (Wildman–Crippen LogP) is -0.00680. The van der Waals surface area contributed by atoms with Gasteiger partial charge in [-0.1, -0.05) is 0 Å². The van der Waals surface area contributed by atoms with Crippen molar-refractivity contribution in [1.82, 2.24) is 24.8 Å². The SMILES string of the molecule is Nc1ncnc2c1ccn2[C@@H]1OC2(CC2N2CCCC23CCCNC3)[C@@H](O)[C@H]1O. The molecule has 6 atom stereocenters. The van der Waals surface area contributed by atoms with Gasteiger partial charge in [-0.2, -0.15) is 0 Å². The number of nitrogens with zero attached hydrogens (tertiary/aromatic N) is 4. The van der Waals surface area contributed by atoms with Crippen LogP contribution in [0.1, 0.15) is 38.3 Å². The second kappa shape index (κ2) is 6.12. The van der Waals surface area contributed by atoms with Crippen molar-refractivity contribution in [3.05, 3.63) is 18.6 Å². The van der Waals surface area contributed by atoms with E-state index in [1.807, 2.05) is 6.07 Å². The van der Waals surface area contributed by atoms with E-state index in [2.05, 4.69) is 20.2 Å². The maximum Gasteiger partial charge on any atom is 0.164 e. The molecule has 29 heavy (non-hydrogen) atoms. The first kappa shape index (κ1) is 18.0. The maximum absolute atomic E-state index is 11.0. The van der Waals surface area contributed by atoms with Gasteiger partial charge in [-0.3, -0.25) is 4.90 Å². The predicted molar refractivity (Wildman–Crippen MR) is 106 cm³/mol. The molecule has 2 aromatic rings. The average Bonchev–Trinajstić information content (AvgIpc) is 2.99. The summed E-state index contributed by atoms with van der Waals surface area (Å²) in [7, 11) is 0. The summed E-state index contributed by atoms with van der Waals surface area (Å²) in [6.45, 7) is 3.11. The maximum atomic E-state index is 11.0. The van der Waals surface area contributed by atoms with Crippen molar-refractivity contribution < 1.29 is 14.9 Å². The molecule has 0 radical (unpaired) electrons. The fourth-order valence-corrected chi connectivity index (χ4v) is 6.14. The van der Waals surface area contributed by atoms with Gasteiger partial charge >= 0.3 is 0 Å². The first-order chi connectivity index (χ1) is 14.1. The normalized spacial score (nSPS) is 42.4. The molecule has 1 saturated carbocycles. The molecule has 2 spiro atoms. The van der Waals surface area contributed by atoms with Crippen LogP contribution in [0.15, 0.2) is 18.6 Å². The zero-order valence-corrected chi connectivity index (χ0v) is 16.4. The van der Waals surface area contributed by atoms with Crippen LogP contribution in [0.2, 0.25) is 0 Å². The van der Waals surface area contributed by atoms with Crippen molar-refractivity contribution in [2.45, 2.75) is 67.7 Å². The average molecular weight is 400 g/mol. The Bertz CT molecular complexity index is 943. The number of piperidine rings is 1. The highest BCUT2D eigenvalue weighted by Gasteiger charge is 2.72. The third-order valence-corrected chi connectivity index (χ3v) is 7.66. The Hall–Kier alpha value is -1.78. The van der Waals surface area contributed by atoms with Gasteiger partial charge in [-0.05, 0) is 51.3 Å². The highest BCUT2D eigenvalue weighted by atomic mass is 16.6. The van der Waals surface area contributed by atoms with Gasteiger partial charge in [-0.25, -0.2) is 9.97 Å². The van der Waals surface area contributed by atoms with E-state index in [1.54, 1.807) is 10.8 Å². The Kier molecular flexibility index (Phi) is 3.80. The monoisotopic (exact) mass is 400 g/mol. The molecule has 9 heteroatoms. The van der Waals surface area contributed by atoms with Crippen LogP contribution in [-0.2, 0) is 4.74 Å². The largest absolute Gasteiger partial charge is 0.387 e. The molecule has 4 fully saturated rings. The van der Waals surface area contributed by atoms with E-state index < -0.39 is 24.0 Å². The van der Waals surface area contributed by atoms with Gasteiger partial charge in [0.2, 0.25) is 0 Å². The fourth-order valence-electron chi connectivity index (χ4n) is 6.14. The lowest BCUT2D eigenvalue weighted by Gasteiger charge is -2.43. The van der Waals surface area contributed by atoms with Crippen molar-refractivity contribution in [3.8, 4) is 0 Å². The topological polar surface area (TPSA) is 122 Å². The van der Waals surface area contributed by atoms with Crippen LogP contribution in [0.3, 0.4) is 0 Å². The van der Waals surface area contributed by atoms with Gasteiger partial charge in [0.25, 0.3) is 0 Å². The van der Waals surface area contributed by atoms with Gasteiger partial charge in [-0.15, -0.1) is 0 Å². The minimum absolute atomic E-state index is 0.140. The minimum Gasteiger partial charge on any atom is -0.387 e. The van der Waals surface area contributed by atoms with E-state index in [1.165, 1.54) is 32.0 Å². The number of anilines is 1. The van der Waals surface area contributed by atoms with E-state index in [0.29, 0.717) is 11.5 Å². The lowest BCUT2D eigenvalue weighted by molar-refractivity contribution is -0.0645. The molecule has 3 saturated heterocycles. The van der Waals surface area contributed by atoms with Crippen LogP contribution in [-0.4, -0.2) is 78.7 Å². The van der Waals surface area contributed by atoms with Crippen LogP contribution in [0, 0.1) is 0 Å². The Morgan fingerprint density at radius 1 is 1.24 bits per heavy atom. The van der Waals surface area contributed by atoms with Gasteiger partial charge < -0.3 is 30.6 Å². The van der Waals surface area contributed by atoms with Gasteiger partial charge in [0.15, 0.2) is 6.23 Å². The molecule has 9 nitrogen and oxygen atoms in total. The van der Waals surface area contributed by atoms with Crippen molar-refractivity contribution in [2.75, 3.05) is 25.4 Å². The minimum atomic E-state index is -1.02. The molecule has 0 bridgehead atoms. The Balaban J connectivity index is 1.30. The summed E-state index contributed by atoms with van der Waals surface area (Å²) in [5.74, 6) is 0.393. The number of hydrogen-bond donors (Lipinski definition) is 4. The molecule has 4 aliphatic rings. The summed E-state index contributed by atoms with van der Waals surface area (Å²) in [4.78, 5) is 10.9. The second-order valence-corrected chi connectivity index (χ2v) is 9.14. The molecule has 1 aliphatic carbocycles. The van der Waals surface area contributed by atoms with E-state index in [4.69, 9.17) is 10.5 Å². The third kappa shape index (κ3) is 2.39. The molecule has 0 amide bonds. The van der Waals surface area contributed by atoms with Crippen LogP contribution in [0.5, 0.6) is 0 Å². The molecule has 0 aromatic carbocycles. The standard InChI is InChI=1S/C20H28N6O3/c21-16-12-3-8-25(17(12)24-11-23-16)18-14(27)15(28)20(29-18)9-13(20)26-7-2-5-19(26)4-1-6-22-10-19/h3,8,11,13-15,18,22,27-28H,1-2,4-7,9-10H2,(H2,21,23,24)/t13?,14-,15+,18-,19?,20?/m1/s1. The zero-order chi connectivity index (χ0) is 19.8. The van der Waals surface area contributed by atoms with Crippen molar-refractivity contribution in [3.63, 3.8) is 0 Å². The van der Waals surface area contributed by atoms with Gasteiger partial charge in [0.1, 0.15) is 35.6 Å². The second-order valence-electron chi connectivity index (χ2n) is 9.14. The summed E-state index contributed by atoms with van der Waals surface area (Å²) in [6, 6.07) is 1.96. The fraction of sp³-hybridized carbons (Fsp3) is 0.700. The number of aromatic nitrogens is 3. The Morgan fingerprint density at radius 3 is 2.93 bits per heavy atom. The first-order valence-corrected chi connectivity index (χ1v) is 10.6.